The van der Waals surface area contributed by atoms with Gasteiger partial charge in [0.1, 0.15) is 0 Å². The molecule has 0 bridgehead atoms. The number of ether oxygens (including phenoxy) is 1. The van der Waals surface area contributed by atoms with Crippen LogP contribution in [0.15, 0.2) is 35.5 Å². The number of esters is 1. The molecule has 2 N–H and O–H groups in total. The van der Waals surface area contributed by atoms with Crippen molar-refractivity contribution in [2.45, 2.75) is 32.9 Å². The lowest BCUT2D eigenvalue weighted by Gasteiger charge is -2.28. The molecule has 112 valence electrons. The first-order valence-corrected chi connectivity index (χ1v) is 7.01. The predicted octanol–water partition coefficient (Wildman–Crippen LogP) is 2.92. The molecule has 0 radical (unpaired) electrons. The minimum absolute atomic E-state index is 0.235. The standard InChI is InChI=1S/C15H17ClN2O3/c1-8(2)21-14(19)12-9(3)17-15(20)18-13(12)10-4-6-11(16)7-5-10/h4-8,13H,1-3H3,(H2,17,18,20). The van der Waals surface area contributed by atoms with Gasteiger partial charge < -0.3 is 15.4 Å². The zero-order valence-electron chi connectivity index (χ0n) is 12.1. The maximum atomic E-state index is 12.3. The Morgan fingerprint density at radius 3 is 2.48 bits per heavy atom. The molecule has 1 aromatic carbocycles. The van der Waals surface area contributed by atoms with Gasteiger partial charge in [-0.1, -0.05) is 23.7 Å². The Labute approximate surface area is 128 Å². The largest absolute Gasteiger partial charge is 0.459 e. The fourth-order valence-corrected chi connectivity index (χ4v) is 2.27. The molecule has 1 heterocycles. The van der Waals surface area contributed by atoms with Gasteiger partial charge in [-0.05, 0) is 38.5 Å². The van der Waals surface area contributed by atoms with E-state index in [2.05, 4.69) is 10.6 Å². The Hall–Kier alpha value is -2.01. The first-order valence-electron chi connectivity index (χ1n) is 6.63. The second kappa shape index (κ2) is 6.18. The molecule has 2 amide bonds. The highest BCUT2D eigenvalue weighted by Gasteiger charge is 2.32. The molecule has 1 aromatic rings. The average Bonchev–Trinajstić information content (AvgIpc) is 2.37. The van der Waals surface area contributed by atoms with E-state index >= 15 is 0 Å². The summed E-state index contributed by atoms with van der Waals surface area (Å²) in [5, 5.41) is 5.92. The maximum absolute atomic E-state index is 12.3. The number of carbonyl (C=O) groups excluding carboxylic acids is 2. The summed E-state index contributed by atoms with van der Waals surface area (Å²) < 4.78 is 5.26. The maximum Gasteiger partial charge on any atom is 0.338 e. The lowest BCUT2D eigenvalue weighted by Crippen LogP contribution is -2.45. The zero-order chi connectivity index (χ0) is 15.6. The third kappa shape index (κ3) is 3.55. The number of benzene rings is 1. The fraction of sp³-hybridized carbons (Fsp3) is 0.333. The number of rotatable bonds is 3. The molecule has 1 unspecified atom stereocenters. The van der Waals surface area contributed by atoms with E-state index in [-0.39, 0.29) is 12.1 Å². The van der Waals surface area contributed by atoms with Crippen LogP contribution in [0, 0.1) is 0 Å². The number of nitrogens with one attached hydrogen (secondary N) is 2. The quantitative estimate of drug-likeness (QED) is 0.844. The van der Waals surface area contributed by atoms with Crippen molar-refractivity contribution in [3.05, 3.63) is 46.1 Å². The van der Waals surface area contributed by atoms with Gasteiger partial charge in [0, 0.05) is 10.7 Å². The normalized spacial score (nSPS) is 18.3. The van der Waals surface area contributed by atoms with E-state index in [0.717, 1.165) is 5.56 Å². The number of hydrogen-bond donors (Lipinski definition) is 2. The Balaban J connectivity index is 2.40. The van der Waals surface area contributed by atoms with Crippen molar-refractivity contribution in [3.63, 3.8) is 0 Å². The molecule has 5 nitrogen and oxygen atoms in total. The SMILES string of the molecule is CC1=C(C(=O)OC(C)C)C(c2ccc(Cl)cc2)NC(=O)N1. The molecular formula is C15H17ClN2O3. The number of urea groups is 1. The van der Waals surface area contributed by atoms with E-state index in [1.165, 1.54) is 0 Å². The van der Waals surface area contributed by atoms with E-state index in [0.29, 0.717) is 16.3 Å². The van der Waals surface area contributed by atoms with Crippen molar-refractivity contribution >= 4 is 23.6 Å². The van der Waals surface area contributed by atoms with Crippen LogP contribution in [0.2, 0.25) is 5.02 Å². The Kier molecular flexibility index (Phi) is 4.53. The molecule has 0 aromatic heterocycles. The van der Waals surface area contributed by atoms with Crippen LogP contribution in [-0.2, 0) is 9.53 Å². The number of carbonyl (C=O) groups is 2. The number of halogens is 1. The van der Waals surface area contributed by atoms with Crippen molar-refractivity contribution in [3.8, 4) is 0 Å². The molecule has 1 atom stereocenters. The fourth-order valence-electron chi connectivity index (χ4n) is 2.15. The molecular weight excluding hydrogens is 292 g/mol. The summed E-state index contributed by atoms with van der Waals surface area (Å²) >= 11 is 5.87. The van der Waals surface area contributed by atoms with E-state index in [1.807, 2.05) is 0 Å². The summed E-state index contributed by atoms with van der Waals surface area (Å²) in [4.78, 5) is 24.0. The zero-order valence-corrected chi connectivity index (χ0v) is 12.8. The minimum Gasteiger partial charge on any atom is -0.459 e. The van der Waals surface area contributed by atoms with Crippen LogP contribution < -0.4 is 10.6 Å². The molecule has 21 heavy (non-hydrogen) atoms. The molecule has 6 heteroatoms. The second-order valence-electron chi connectivity index (χ2n) is 5.08. The van der Waals surface area contributed by atoms with Gasteiger partial charge in [0.05, 0.1) is 17.7 Å². The second-order valence-corrected chi connectivity index (χ2v) is 5.51. The van der Waals surface area contributed by atoms with Gasteiger partial charge in [0.2, 0.25) is 0 Å². The Bertz CT molecular complexity index is 593. The van der Waals surface area contributed by atoms with Gasteiger partial charge in [0.25, 0.3) is 0 Å². The average molecular weight is 309 g/mol. The predicted molar refractivity (Wildman–Crippen MR) is 79.8 cm³/mol. The third-order valence-corrected chi connectivity index (χ3v) is 3.29. The lowest BCUT2D eigenvalue weighted by atomic mass is 9.95. The lowest BCUT2D eigenvalue weighted by molar-refractivity contribution is -0.143. The van der Waals surface area contributed by atoms with E-state index in [9.17, 15) is 9.59 Å². The molecule has 1 aliphatic rings. The Morgan fingerprint density at radius 2 is 1.90 bits per heavy atom. The third-order valence-electron chi connectivity index (χ3n) is 3.04. The van der Waals surface area contributed by atoms with Gasteiger partial charge in [-0.3, -0.25) is 0 Å². The summed E-state index contributed by atoms with van der Waals surface area (Å²) in [6.07, 6.45) is -0.235. The highest BCUT2D eigenvalue weighted by atomic mass is 35.5. The number of allylic oxidation sites excluding steroid dienone is 1. The molecule has 0 aliphatic carbocycles. The van der Waals surface area contributed by atoms with E-state index in [1.54, 1.807) is 45.0 Å². The van der Waals surface area contributed by atoms with Gasteiger partial charge in [-0.25, -0.2) is 9.59 Å². The van der Waals surface area contributed by atoms with Crippen molar-refractivity contribution in [2.75, 3.05) is 0 Å². The number of hydrogen-bond acceptors (Lipinski definition) is 3. The van der Waals surface area contributed by atoms with Gasteiger partial charge >= 0.3 is 12.0 Å². The van der Waals surface area contributed by atoms with E-state index < -0.39 is 12.0 Å². The summed E-state index contributed by atoms with van der Waals surface area (Å²) in [7, 11) is 0. The first-order chi connectivity index (χ1) is 9.88. The smallest absolute Gasteiger partial charge is 0.338 e. The van der Waals surface area contributed by atoms with Crippen molar-refractivity contribution in [1.82, 2.24) is 10.6 Å². The summed E-state index contributed by atoms with van der Waals surface area (Å²) in [5.74, 6) is -0.449. The van der Waals surface area contributed by atoms with Crippen LogP contribution in [-0.4, -0.2) is 18.1 Å². The highest BCUT2D eigenvalue weighted by molar-refractivity contribution is 6.30. The molecule has 0 saturated heterocycles. The minimum atomic E-state index is -0.553. The summed E-state index contributed by atoms with van der Waals surface area (Å²) in [6, 6.07) is 6.07. The number of amides is 2. The van der Waals surface area contributed by atoms with Crippen molar-refractivity contribution in [1.29, 1.82) is 0 Å². The monoisotopic (exact) mass is 308 g/mol. The molecule has 2 rings (SSSR count). The van der Waals surface area contributed by atoms with Crippen LogP contribution in [0.4, 0.5) is 4.79 Å². The summed E-state index contributed by atoms with van der Waals surface area (Å²) in [6.45, 7) is 5.23. The van der Waals surface area contributed by atoms with Gasteiger partial charge in [0.15, 0.2) is 0 Å². The van der Waals surface area contributed by atoms with Crippen LogP contribution >= 0.6 is 11.6 Å². The topological polar surface area (TPSA) is 67.4 Å². The van der Waals surface area contributed by atoms with Gasteiger partial charge in [-0.2, -0.15) is 0 Å². The van der Waals surface area contributed by atoms with Crippen LogP contribution in [0.1, 0.15) is 32.4 Å². The molecule has 0 fully saturated rings. The van der Waals surface area contributed by atoms with E-state index in [4.69, 9.17) is 16.3 Å². The molecule has 1 aliphatic heterocycles. The van der Waals surface area contributed by atoms with Crippen LogP contribution in [0.5, 0.6) is 0 Å². The van der Waals surface area contributed by atoms with Gasteiger partial charge in [-0.15, -0.1) is 0 Å². The van der Waals surface area contributed by atoms with Crippen molar-refractivity contribution in [2.24, 2.45) is 0 Å². The van der Waals surface area contributed by atoms with Crippen LogP contribution in [0.3, 0.4) is 0 Å². The highest BCUT2D eigenvalue weighted by Crippen LogP contribution is 2.28. The van der Waals surface area contributed by atoms with Crippen LogP contribution in [0.25, 0.3) is 0 Å². The Morgan fingerprint density at radius 1 is 1.29 bits per heavy atom. The molecule has 0 saturated carbocycles. The van der Waals surface area contributed by atoms with Crippen molar-refractivity contribution < 1.29 is 14.3 Å². The molecule has 0 spiro atoms. The summed E-state index contributed by atoms with van der Waals surface area (Å²) in [5.41, 5.74) is 1.65. The first kappa shape index (κ1) is 15.4.